The molecule has 0 unspecified atom stereocenters. The van der Waals surface area contributed by atoms with Gasteiger partial charge in [0, 0.05) is 49.8 Å². The Kier molecular flexibility index (Phi) is 6.84. The monoisotopic (exact) mass is 758 g/mol. The van der Waals surface area contributed by atoms with Crippen molar-refractivity contribution in [2.75, 3.05) is 4.90 Å². The van der Waals surface area contributed by atoms with E-state index >= 15 is 0 Å². The largest absolute Gasteiger partial charge is 0.310 e. The van der Waals surface area contributed by atoms with E-state index in [1.807, 2.05) is 0 Å². The van der Waals surface area contributed by atoms with Crippen molar-refractivity contribution < 1.29 is 0 Å². The zero-order chi connectivity index (χ0) is 40.0. The van der Waals surface area contributed by atoms with Gasteiger partial charge in [-0.15, -0.1) is 0 Å². The van der Waals surface area contributed by atoms with Crippen LogP contribution in [0.15, 0.2) is 170 Å². The van der Waals surface area contributed by atoms with Crippen LogP contribution in [0, 0.1) is 0 Å². The molecule has 0 spiro atoms. The third-order valence-corrected chi connectivity index (χ3v) is 14.4. The van der Waals surface area contributed by atoms with Gasteiger partial charge in [-0.1, -0.05) is 145 Å². The van der Waals surface area contributed by atoms with Crippen molar-refractivity contribution in [3.63, 3.8) is 0 Å². The van der Waals surface area contributed by atoms with E-state index in [2.05, 4.69) is 221 Å². The van der Waals surface area contributed by atoms with Gasteiger partial charge in [-0.25, -0.2) is 0 Å². The molecule has 284 valence electrons. The van der Waals surface area contributed by atoms with E-state index in [0.29, 0.717) is 0 Å². The zero-order valence-electron chi connectivity index (χ0n) is 34.6. The van der Waals surface area contributed by atoms with Crippen LogP contribution in [-0.2, 0) is 16.2 Å². The number of nitrogens with zero attached hydrogens (tertiary/aromatic N) is 2. The summed E-state index contributed by atoms with van der Waals surface area (Å²) in [6.45, 7) is 14.3. The van der Waals surface area contributed by atoms with E-state index in [1.54, 1.807) is 0 Å². The number of fused-ring (bicyclic) bond motifs is 12. The molecule has 0 amide bonds. The molecule has 3 aliphatic rings. The van der Waals surface area contributed by atoms with E-state index in [1.165, 1.54) is 106 Å². The first-order chi connectivity index (χ1) is 28.5. The second-order valence-corrected chi connectivity index (χ2v) is 18.6. The summed E-state index contributed by atoms with van der Waals surface area (Å²) >= 11 is 0. The lowest BCUT2D eigenvalue weighted by Gasteiger charge is -2.29. The van der Waals surface area contributed by atoms with Gasteiger partial charge in [-0.3, -0.25) is 0 Å². The van der Waals surface area contributed by atoms with Crippen LogP contribution in [0.1, 0.15) is 74.9 Å². The molecule has 0 aliphatic heterocycles. The van der Waals surface area contributed by atoms with Crippen molar-refractivity contribution in [2.45, 2.75) is 57.8 Å². The predicted octanol–water partition coefficient (Wildman–Crippen LogP) is 15.2. The number of hydrogen-bond acceptors (Lipinski definition) is 1. The Balaban J connectivity index is 1.01. The van der Waals surface area contributed by atoms with Gasteiger partial charge in [0.1, 0.15) is 0 Å². The summed E-state index contributed by atoms with van der Waals surface area (Å²) in [7, 11) is 0. The molecule has 0 fully saturated rings. The molecule has 8 aromatic carbocycles. The molecule has 9 aromatic rings. The minimum absolute atomic E-state index is 0.0715. The highest BCUT2D eigenvalue weighted by Crippen LogP contribution is 2.55. The number of benzene rings is 8. The number of rotatable bonds is 4. The third-order valence-electron chi connectivity index (χ3n) is 14.4. The molecule has 1 heterocycles. The molecular formula is C57H46N2. The molecule has 0 saturated heterocycles. The maximum atomic E-state index is 2.51. The summed E-state index contributed by atoms with van der Waals surface area (Å²) < 4.78 is 2.51. The van der Waals surface area contributed by atoms with Gasteiger partial charge in [-0.2, -0.15) is 0 Å². The van der Waals surface area contributed by atoms with Gasteiger partial charge in [0.15, 0.2) is 0 Å². The molecule has 3 aliphatic carbocycles. The highest BCUT2D eigenvalue weighted by Gasteiger charge is 2.39. The maximum absolute atomic E-state index is 2.51. The highest BCUT2D eigenvalue weighted by atomic mass is 15.1. The van der Waals surface area contributed by atoms with Gasteiger partial charge in [0.2, 0.25) is 0 Å². The normalized spacial score (nSPS) is 15.7. The fraction of sp³-hybridized carbons (Fsp3) is 0.158. The summed E-state index contributed by atoms with van der Waals surface area (Å²) in [6, 6.07) is 64.0. The first-order valence-electron chi connectivity index (χ1n) is 21.1. The first kappa shape index (κ1) is 34.4. The molecular weight excluding hydrogens is 713 g/mol. The van der Waals surface area contributed by atoms with Crippen molar-refractivity contribution >= 4 is 38.9 Å². The van der Waals surface area contributed by atoms with Crippen molar-refractivity contribution in [1.29, 1.82) is 0 Å². The average Bonchev–Trinajstić information content (AvgIpc) is 3.86. The van der Waals surface area contributed by atoms with Crippen molar-refractivity contribution in [3.8, 4) is 39.1 Å². The quantitative estimate of drug-likeness (QED) is 0.174. The summed E-state index contributed by atoms with van der Waals surface area (Å²) in [5.74, 6) is 0. The number of aromatic nitrogens is 1. The van der Waals surface area contributed by atoms with Crippen molar-refractivity contribution in [3.05, 3.63) is 203 Å². The van der Waals surface area contributed by atoms with E-state index in [-0.39, 0.29) is 16.2 Å². The van der Waals surface area contributed by atoms with E-state index in [4.69, 9.17) is 0 Å². The number of hydrogen-bond donors (Lipinski definition) is 0. The lowest BCUT2D eigenvalue weighted by molar-refractivity contribution is 0.659. The minimum atomic E-state index is -0.221. The van der Waals surface area contributed by atoms with Gasteiger partial charge in [-0.05, 0) is 133 Å². The van der Waals surface area contributed by atoms with Gasteiger partial charge < -0.3 is 9.47 Å². The summed E-state index contributed by atoms with van der Waals surface area (Å²) in [5.41, 5.74) is 23.2. The Morgan fingerprint density at radius 2 is 0.797 bits per heavy atom. The topological polar surface area (TPSA) is 8.17 Å². The minimum Gasteiger partial charge on any atom is -0.310 e. The van der Waals surface area contributed by atoms with Crippen LogP contribution in [-0.4, -0.2) is 4.57 Å². The van der Waals surface area contributed by atoms with E-state index in [9.17, 15) is 0 Å². The van der Waals surface area contributed by atoms with Crippen LogP contribution >= 0.6 is 0 Å². The SMILES string of the molecule is CC1(C)c2ccccc2-c2ccc(N(c3ccccc3)c3ccc4c(c3)C(C)(C)c3cc5c(cc3-4)c3ccccc3n5-c3ccc4c(c3)C(C)(C)c3ccccc3-4)cc21. The summed E-state index contributed by atoms with van der Waals surface area (Å²) in [4.78, 5) is 2.45. The number of anilines is 3. The van der Waals surface area contributed by atoms with E-state index in [0.717, 1.165) is 5.69 Å². The standard InChI is InChI=1S/C57H46N2/c1-55(2)47-21-13-10-18-39(47)41-27-24-36(30-49(41)55)58(35-16-8-7-9-17-35)37-25-29-43-45-33-46-44-20-12-15-23-53(44)59(54(46)34-52(45)57(5,6)51(43)31-37)38-26-28-42-40-19-11-14-22-48(40)56(3,4)50(42)32-38/h7-34H,1-6H3. The molecule has 0 N–H and O–H groups in total. The predicted molar refractivity (Wildman–Crippen MR) is 248 cm³/mol. The Bertz CT molecular complexity index is 3250. The summed E-state index contributed by atoms with van der Waals surface area (Å²) in [6.07, 6.45) is 0. The lowest BCUT2D eigenvalue weighted by atomic mass is 9.81. The van der Waals surface area contributed by atoms with Crippen LogP contribution < -0.4 is 4.90 Å². The highest BCUT2D eigenvalue weighted by molar-refractivity contribution is 6.12. The molecule has 1 aromatic heterocycles. The second-order valence-electron chi connectivity index (χ2n) is 18.6. The Labute approximate surface area is 347 Å². The molecule has 2 heteroatoms. The first-order valence-corrected chi connectivity index (χ1v) is 21.1. The van der Waals surface area contributed by atoms with Gasteiger partial charge >= 0.3 is 0 Å². The number of para-hydroxylation sites is 2. The van der Waals surface area contributed by atoms with Crippen LogP contribution in [0.25, 0.3) is 60.9 Å². The van der Waals surface area contributed by atoms with Crippen LogP contribution in [0.4, 0.5) is 17.1 Å². The smallest absolute Gasteiger partial charge is 0.0544 e. The van der Waals surface area contributed by atoms with E-state index < -0.39 is 0 Å². The maximum Gasteiger partial charge on any atom is 0.0544 e. The molecule has 0 bridgehead atoms. The molecule has 0 radical (unpaired) electrons. The van der Waals surface area contributed by atoms with Crippen molar-refractivity contribution in [2.24, 2.45) is 0 Å². The Morgan fingerprint density at radius 1 is 0.322 bits per heavy atom. The Morgan fingerprint density at radius 3 is 1.44 bits per heavy atom. The molecule has 59 heavy (non-hydrogen) atoms. The molecule has 2 nitrogen and oxygen atoms in total. The Hall–Kier alpha value is -6.64. The van der Waals surface area contributed by atoms with Gasteiger partial charge in [0.05, 0.1) is 11.0 Å². The molecule has 12 rings (SSSR count). The lowest BCUT2D eigenvalue weighted by Crippen LogP contribution is -2.18. The molecule has 0 atom stereocenters. The van der Waals surface area contributed by atoms with Crippen LogP contribution in [0.3, 0.4) is 0 Å². The third kappa shape index (κ3) is 4.58. The fourth-order valence-corrected chi connectivity index (χ4v) is 11.3. The second kappa shape index (κ2) is 11.7. The van der Waals surface area contributed by atoms with Crippen LogP contribution in [0.2, 0.25) is 0 Å². The fourth-order valence-electron chi connectivity index (χ4n) is 11.3. The van der Waals surface area contributed by atoms with Crippen molar-refractivity contribution in [1.82, 2.24) is 4.57 Å². The average molecular weight is 759 g/mol. The van der Waals surface area contributed by atoms with Crippen LogP contribution in [0.5, 0.6) is 0 Å². The zero-order valence-corrected chi connectivity index (χ0v) is 34.6. The molecule has 0 saturated carbocycles. The summed E-state index contributed by atoms with van der Waals surface area (Å²) in [5, 5.41) is 2.58. The van der Waals surface area contributed by atoms with Gasteiger partial charge in [0.25, 0.3) is 0 Å².